The average Bonchev–Trinajstić information content (AvgIpc) is 2.91. The van der Waals surface area contributed by atoms with E-state index in [1.807, 2.05) is 38.1 Å². The molecule has 0 saturated heterocycles. The number of carbonyl (C=O) groups excluding carboxylic acids is 1. The van der Waals surface area contributed by atoms with Crippen molar-refractivity contribution in [3.8, 4) is 11.1 Å². The van der Waals surface area contributed by atoms with Gasteiger partial charge >= 0.3 is 0 Å². The van der Waals surface area contributed by atoms with Gasteiger partial charge in [-0.15, -0.1) is 0 Å². The minimum absolute atomic E-state index is 0.184. The summed E-state index contributed by atoms with van der Waals surface area (Å²) in [6.07, 6.45) is 0.757. The standard InChI is InChI=1S/C19H20BrN5O2/c1-4-11-25-16(26)10-9-15(23-25)19(27)21-18-17(12(2)22-24(18)3)13-5-7-14(20)8-6-13/h5-10H,4,11H2,1-3H3,(H,21,27). The number of hydrogen-bond donors (Lipinski definition) is 1. The molecule has 8 heteroatoms. The summed E-state index contributed by atoms with van der Waals surface area (Å²) in [5.41, 5.74) is 2.56. The summed E-state index contributed by atoms with van der Waals surface area (Å²) in [4.78, 5) is 24.6. The van der Waals surface area contributed by atoms with E-state index in [0.29, 0.717) is 12.4 Å². The van der Waals surface area contributed by atoms with Crippen LogP contribution in [0.1, 0.15) is 29.5 Å². The van der Waals surface area contributed by atoms with Crippen molar-refractivity contribution >= 4 is 27.7 Å². The van der Waals surface area contributed by atoms with Crippen molar-refractivity contribution in [2.45, 2.75) is 26.8 Å². The van der Waals surface area contributed by atoms with Crippen molar-refractivity contribution in [2.24, 2.45) is 7.05 Å². The molecular formula is C19H20BrN5O2. The highest BCUT2D eigenvalue weighted by Gasteiger charge is 2.19. The molecular weight excluding hydrogens is 410 g/mol. The monoisotopic (exact) mass is 429 g/mol. The Hall–Kier alpha value is -2.74. The van der Waals surface area contributed by atoms with Gasteiger partial charge in [0.25, 0.3) is 11.5 Å². The van der Waals surface area contributed by atoms with Crippen LogP contribution in [0, 0.1) is 6.92 Å². The second-order valence-corrected chi connectivity index (χ2v) is 7.09. The van der Waals surface area contributed by atoms with Crippen LogP contribution in [0.4, 0.5) is 5.82 Å². The Morgan fingerprint density at radius 1 is 1.15 bits per heavy atom. The molecule has 140 valence electrons. The van der Waals surface area contributed by atoms with E-state index in [1.165, 1.54) is 16.8 Å². The van der Waals surface area contributed by atoms with E-state index in [4.69, 9.17) is 0 Å². The van der Waals surface area contributed by atoms with Gasteiger partial charge < -0.3 is 5.32 Å². The van der Waals surface area contributed by atoms with Gasteiger partial charge in [-0.1, -0.05) is 35.0 Å². The van der Waals surface area contributed by atoms with Crippen LogP contribution in [0.2, 0.25) is 0 Å². The Morgan fingerprint density at radius 3 is 2.52 bits per heavy atom. The number of carbonyl (C=O) groups is 1. The average molecular weight is 430 g/mol. The molecule has 3 rings (SSSR count). The summed E-state index contributed by atoms with van der Waals surface area (Å²) in [5.74, 6) is 0.191. The molecule has 2 aromatic heterocycles. The molecule has 0 aliphatic heterocycles. The summed E-state index contributed by atoms with van der Waals surface area (Å²) >= 11 is 3.43. The maximum atomic E-state index is 12.7. The molecule has 0 aliphatic carbocycles. The first-order valence-electron chi connectivity index (χ1n) is 8.59. The zero-order chi connectivity index (χ0) is 19.6. The van der Waals surface area contributed by atoms with E-state index >= 15 is 0 Å². The first kappa shape index (κ1) is 19.0. The minimum atomic E-state index is -0.388. The van der Waals surface area contributed by atoms with Crippen molar-refractivity contribution in [3.63, 3.8) is 0 Å². The highest BCUT2D eigenvalue weighted by Crippen LogP contribution is 2.32. The van der Waals surface area contributed by atoms with Crippen LogP contribution in [0.3, 0.4) is 0 Å². The maximum absolute atomic E-state index is 12.7. The Kier molecular flexibility index (Phi) is 5.55. The number of benzene rings is 1. The molecule has 3 aromatic rings. The highest BCUT2D eigenvalue weighted by atomic mass is 79.9. The molecule has 0 fully saturated rings. The molecule has 0 unspecified atom stereocenters. The molecule has 1 aromatic carbocycles. The summed E-state index contributed by atoms with van der Waals surface area (Å²) in [7, 11) is 1.77. The van der Waals surface area contributed by atoms with Crippen LogP contribution < -0.4 is 10.9 Å². The van der Waals surface area contributed by atoms with Gasteiger partial charge in [-0.2, -0.15) is 10.2 Å². The van der Waals surface area contributed by atoms with Crippen LogP contribution in [0.5, 0.6) is 0 Å². The summed E-state index contributed by atoms with van der Waals surface area (Å²) in [5, 5.41) is 11.5. The van der Waals surface area contributed by atoms with E-state index in [1.54, 1.807) is 11.7 Å². The van der Waals surface area contributed by atoms with Crippen LogP contribution in [0.25, 0.3) is 11.1 Å². The second kappa shape index (κ2) is 7.87. The number of hydrogen-bond acceptors (Lipinski definition) is 4. The fourth-order valence-electron chi connectivity index (χ4n) is 2.88. The topological polar surface area (TPSA) is 81.8 Å². The smallest absolute Gasteiger partial charge is 0.277 e. The molecule has 0 aliphatic rings. The molecule has 2 heterocycles. The van der Waals surface area contributed by atoms with E-state index in [9.17, 15) is 9.59 Å². The van der Waals surface area contributed by atoms with Crippen molar-refractivity contribution < 1.29 is 4.79 Å². The lowest BCUT2D eigenvalue weighted by Crippen LogP contribution is -2.26. The zero-order valence-electron chi connectivity index (χ0n) is 15.4. The molecule has 0 bridgehead atoms. The van der Waals surface area contributed by atoms with E-state index in [2.05, 4.69) is 31.4 Å². The normalized spacial score (nSPS) is 10.8. The third-order valence-electron chi connectivity index (χ3n) is 4.12. The van der Waals surface area contributed by atoms with E-state index in [0.717, 1.165) is 27.7 Å². The number of anilines is 1. The van der Waals surface area contributed by atoms with Gasteiger partial charge in [0.2, 0.25) is 0 Å². The zero-order valence-corrected chi connectivity index (χ0v) is 16.9. The van der Waals surface area contributed by atoms with Crippen LogP contribution >= 0.6 is 15.9 Å². The predicted octanol–water partition coefficient (Wildman–Crippen LogP) is 3.38. The van der Waals surface area contributed by atoms with Gasteiger partial charge in [0, 0.05) is 29.7 Å². The highest BCUT2D eigenvalue weighted by molar-refractivity contribution is 9.10. The molecule has 0 atom stereocenters. The first-order valence-corrected chi connectivity index (χ1v) is 9.39. The number of aromatic nitrogens is 4. The Labute approximate surface area is 165 Å². The van der Waals surface area contributed by atoms with Gasteiger partial charge in [-0.25, -0.2) is 4.68 Å². The molecule has 27 heavy (non-hydrogen) atoms. The Morgan fingerprint density at radius 2 is 1.85 bits per heavy atom. The van der Waals surface area contributed by atoms with Gasteiger partial charge in [0.15, 0.2) is 0 Å². The van der Waals surface area contributed by atoms with Crippen LogP contribution in [-0.4, -0.2) is 25.5 Å². The lowest BCUT2D eigenvalue weighted by atomic mass is 10.1. The largest absolute Gasteiger partial charge is 0.305 e. The van der Waals surface area contributed by atoms with Crippen LogP contribution in [-0.2, 0) is 13.6 Å². The predicted molar refractivity (Wildman–Crippen MR) is 108 cm³/mol. The number of nitrogens with zero attached hydrogens (tertiary/aromatic N) is 4. The number of aryl methyl sites for hydroxylation is 3. The number of amides is 1. The maximum Gasteiger partial charge on any atom is 0.277 e. The van der Waals surface area contributed by atoms with Crippen molar-refractivity contribution in [3.05, 3.63) is 62.6 Å². The number of rotatable bonds is 5. The quantitative estimate of drug-likeness (QED) is 0.673. The van der Waals surface area contributed by atoms with Crippen molar-refractivity contribution in [1.82, 2.24) is 19.6 Å². The molecule has 1 N–H and O–H groups in total. The molecule has 7 nitrogen and oxygen atoms in total. The van der Waals surface area contributed by atoms with Crippen molar-refractivity contribution in [1.29, 1.82) is 0 Å². The summed E-state index contributed by atoms with van der Waals surface area (Å²) in [6, 6.07) is 10.6. The van der Waals surface area contributed by atoms with Crippen LogP contribution in [0.15, 0.2) is 45.7 Å². The van der Waals surface area contributed by atoms with Gasteiger partial charge in [-0.05, 0) is 37.1 Å². The lowest BCUT2D eigenvalue weighted by molar-refractivity contribution is 0.101. The molecule has 0 saturated carbocycles. The van der Waals surface area contributed by atoms with Gasteiger partial charge in [0.05, 0.1) is 5.69 Å². The minimum Gasteiger partial charge on any atom is -0.305 e. The lowest BCUT2D eigenvalue weighted by Gasteiger charge is -2.10. The fraction of sp³-hybridized carbons (Fsp3) is 0.263. The van der Waals surface area contributed by atoms with Gasteiger partial charge in [0.1, 0.15) is 11.5 Å². The van der Waals surface area contributed by atoms with Crippen molar-refractivity contribution in [2.75, 3.05) is 5.32 Å². The SMILES string of the molecule is CCCn1nc(C(=O)Nc2c(-c3ccc(Br)cc3)c(C)nn2C)ccc1=O. The first-order chi connectivity index (χ1) is 12.9. The number of halogens is 1. The number of nitrogens with one attached hydrogen (secondary N) is 1. The third-order valence-corrected chi connectivity index (χ3v) is 4.65. The van der Waals surface area contributed by atoms with Gasteiger partial charge in [-0.3, -0.25) is 14.3 Å². The fourth-order valence-corrected chi connectivity index (χ4v) is 3.14. The Bertz CT molecular complexity index is 1040. The van der Waals surface area contributed by atoms with E-state index < -0.39 is 0 Å². The third kappa shape index (κ3) is 4.00. The molecule has 1 amide bonds. The molecule has 0 radical (unpaired) electrons. The molecule has 0 spiro atoms. The summed E-state index contributed by atoms with van der Waals surface area (Å²) in [6.45, 7) is 4.31. The second-order valence-electron chi connectivity index (χ2n) is 6.17. The van der Waals surface area contributed by atoms with E-state index in [-0.39, 0.29) is 17.2 Å². The Balaban J connectivity index is 1.96. The summed E-state index contributed by atoms with van der Waals surface area (Å²) < 4.78 is 3.91.